The summed E-state index contributed by atoms with van der Waals surface area (Å²) in [4.78, 5) is 12.2. The van der Waals surface area contributed by atoms with Gasteiger partial charge < -0.3 is 4.74 Å². The van der Waals surface area contributed by atoms with Gasteiger partial charge in [-0.1, -0.05) is 115 Å². The van der Waals surface area contributed by atoms with Crippen LogP contribution in [0.1, 0.15) is 17.3 Å². The Kier molecular flexibility index (Phi) is 8.54. The standard InChI is InChI=1S/C30H28NO4PS/c1-25(22-23-35-30(32)26-14-6-2-7-15-26)24-37(33,34)31-36(27-16-8-3-9-17-27,28-18-10-4-11-19-28)29-20-12-5-13-21-29/h2-22H,23-24H2,1H3/b25-22-. The Labute approximate surface area is 218 Å². The van der Waals surface area contributed by atoms with Gasteiger partial charge in [0.2, 0.25) is 0 Å². The second kappa shape index (κ2) is 12.0. The van der Waals surface area contributed by atoms with E-state index in [0.717, 1.165) is 15.9 Å². The smallest absolute Gasteiger partial charge is 0.338 e. The van der Waals surface area contributed by atoms with E-state index in [9.17, 15) is 13.2 Å². The molecule has 0 saturated heterocycles. The van der Waals surface area contributed by atoms with Gasteiger partial charge in [0.05, 0.1) is 18.4 Å². The Bertz CT molecular complexity index is 1420. The highest BCUT2D eigenvalue weighted by molar-refractivity contribution is 7.99. The highest BCUT2D eigenvalue weighted by atomic mass is 32.2. The molecule has 4 aromatic carbocycles. The third-order valence-corrected chi connectivity index (χ3v) is 11.6. The molecule has 37 heavy (non-hydrogen) atoms. The second-order valence-electron chi connectivity index (χ2n) is 8.46. The van der Waals surface area contributed by atoms with Crippen LogP contribution in [0.4, 0.5) is 0 Å². The lowest BCUT2D eigenvalue weighted by Gasteiger charge is -2.26. The Morgan fingerprint density at radius 3 is 1.57 bits per heavy atom. The van der Waals surface area contributed by atoms with E-state index in [1.54, 1.807) is 37.3 Å². The van der Waals surface area contributed by atoms with Crippen molar-refractivity contribution >= 4 is 39.0 Å². The fourth-order valence-electron chi connectivity index (χ4n) is 4.00. The number of ether oxygens (including phenoxy) is 1. The van der Waals surface area contributed by atoms with Crippen molar-refractivity contribution in [2.45, 2.75) is 6.92 Å². The van der Waals surface area contributed by atoms with E-state index in [-0.39, 0.29) is 12.4 Å². The van der Waals surface area contributed by atoms with E-state index in [1.165, 1.54) is 0 Å². The van der Waals surface area contributed by atoms with Gasteiger partial charge >= 0.3 is 5.97 Å². The van der Waals surface area contributed by atoms with E-state index >= 15 is 0 Å². The first-order valence-corrected chi connectivity index (χ1v) is 15.2. The zero-order chi connectivity index (χ0) is 26.1. The largest absolute Gasteiger partial charge is 0.458 e. The molecule has 0 N–H and O–H groups in total. The third-order valence-electron chi connectivity index (χ3n) is 5.70. The molecule has 7 heteroatoms. The van der Waals surface area contributed by atoms with Crippen LogP contribution < -0.4 is 15.9 Å². The van der Waals surface area contributed by atoms with Crippen LogP contribution in [0.15, 0.2) is 137 Å². The molecule has 0 saturated carbocycles. The van der Waals surface area contributed by atoms with Gasteiger partial charge in [-0.25, -0.2) is 13.2 Å². The predicted octanol–water partition coefficient (Wildman–Crippen LogP) is 5.30. The average Bonchev–Trinajstić information content (AvgIpc) is 2.93. The molecular weight excluding hydrogens is 501 g/mol. The van der Waals surface area contributed by atoms with Gasteiger partial charge in [-0.15, -0.1) is 0 Å². The van der Waals surface area contributed by atoms with Crippen LogP contribution >= 0.6 is 7.05 Å². The number of sulfonamides is 1. The maximum atomic E-state index is 13.6. The minimum Gasteiger partial charge on any atom is -0.458 e. The highest BCUT2D eigenvalue weighted by Gasteiger charge is 2.30. The molecule has 4 rings (SSSR count). The number of benzene rings is 4. The minimum absolute atomic E-state index is 0.0224. The van der Waals surface area contributed by atoms with Gasteiger partial charge in [0, 0.05) is 15.9 Å². The number of nitrogens with zero attached hydrogens (tertiary/aromatic N) is 1. The van der Waals surface area contributed by atoms with E-state index in [1.807, 2.05) is 97.1 Å². The molecule has 0 fully saturated rings. The maximum absolute atomic E-state index is 13.6. The van der Waals surface area contributed by atoms with Gasteiger partial charge in [-0.05, 0) is 25.1 Å². The van der Waals surface area contributed by atoms with Gasteiger partial charge in [-0.2, -0.15) is 4.15 Å². The van der Waals surface area contributed by atoms with Crippen molar-refractivity contribution in [2.24, 2.45) is 4.15 Å². The number of carbonyl (C=O) groups is 1. The molecule has 0 aromatic heterocycles. The summed E-state index contributed by atoms with van der Waals surface area (Å²) in [7, 11) is -6.81. The first kappa shape index (κ1) is 26.3. The lowest BCUT2D eigenvalue weighted by molar-refractivity contribution is 0.0549. The van der Waals surface area contributed by atoms with E-state index in [0.29, 0.717) is 11.1 Å². The zero-order valence-corrected chi connectivity index (χ0v) is 22.2. The molecule has 0 heterocycles. The van der Waals surface area contributed by atoms with Crippen LogP contribution in [0.5, 0.6) is 0 Å². The van der Waals surface area contributed by atoms with Gasteiger partial charge in [0.15, 0.2) is 0 Å². The quantitative estimate of drug-likeness (QED) is 0.168. The lowest BCUT2D eigenvalue weighted by Crippen LogP contribution is -2.26. The SMILES string of the molecule is C/C(=C/COC(=O)c1ccccc1)CS(=O)(=O)N=P(c1ccccc1)(c1ccccc1)c1ccccc1. The Hall–Kier alpha value is -3.73. The molecule has 0 spiro atoms. The summed E-state index contributed by atoms with van der Waals surface area (Å²) in [6, 6.07) is 37.5. The molecule has 0 aliphatic heterocycles. The van der Waals surface area contributed by atoms with Crippen molar-refractivity contribution in [1.82, 2.24) is 0 Å². The number of hydrogen-bond donors (Lipinski definition) is 0. The molecule has 5 nitrogen and oxygen atoms in total. The van der Waals surface area contributed by atoms with Crippen LogP contribution in [0, 0.1) is 0 Å². The molecule has 4 aromatic rings. The van der Waals surface area contributed by atoms with Crippen LogP contribution in [-0.4, -0.2) is 26.7 Å². The predicted molar refractivity (Wildman–Crippen MR) is 152 cm³/mol. The fourth-order valence-corrected chi connectivity index (χ4v) is 10.3. The van der Waals surface area contributed by atoms with Crippen molar-refractivity contribution in [3.63, 3.8) is 0 Å². The van der Waals surface area contributed by atoms with E-state index in [4.69, 9.17) is 8.89 Å². The van der Waals surface area contributed by atoms with Crippen LogP contribution in [0.3, 0.4) is 0 Å². The maximum Gasteiger partial charge on any atom is 0.338 e. The normalized spacial score (nSPS) is 12.1. The van der Waals surface area contributed by atoms with Crippen molar-refractivity contribution < 1.29 is 17.9 Å². The third kappa shape index (κ3) is 6.53. The lowest BCUT2D eigenvalue weighted by atomic mass is 10.2. The summed E-state index contributed by atoms with van der Waals surface area (Å²) in [5.41, 5.74) is 0.997. The van der Waals surface area contributed by atoms with Crippen molar-refractivity contribution in [2.75, 3.05) is 12.4 Å². The summed E-state index contributed by atoms with van der Waals surface area (Å²) in [6.07, 6.45) is 1.61. The summed E-state index contributed by atoms with van der Waals surface area (Å²) < 4.78 is 37.2. The zero-order valence-electron chi connectivity index (χ0n) is 20.5. The van der Waals surface area contributed by atoms with E-state index in [2.05, 4.69) is 0 Å². The topological polar surface area (TPSA) is 72.8 Å². The number of carbonyl (C=O) groups excluding carboxylic acids is 1. The minimum atomic E-state index is -3.92. The fraction of sp³-hybridized carbons (Fsp3) is 0.100. The Morgan fingerprint density at radius 2 is 1.14 bits per heavy atom. The summed E-state index contributed by atoms with van der Waals surface area (Å²) in [6.45, 7) is 1.68. The molecule has 0 aliphatic carbocycles. The summed E-state index contributed by atoms with van der Waals surface area (Å²) in [5.74, 6) is -0.733. The molecule has 0 unspecified atom stereocenters. The number of rotatable bonds is 9. The number of hydrogen-bond acceptors (Lipinski definition) is 4. The van der Waals surface area contributed by atoms with Crippen LogP contribution in [0.25, 0.3) is 0 Å². The molecule has 0 bridgehead atoms. The average molecular weight is 530 g/mol. The highest BCUT2D eigenvalue weighted by Crippen LogP contribution is 2.47. The van der Waals surface area contributed by atoms with Crippen molar-refractivity contribution in [1.29, 1.82) is 0 Å². The first-order valence-electron chi connectivity index (χ1n) is 11.8. The molecular formula is C30H28NO4PS. The second-order valence-corrected chi connectivity index (χ2v) is 13.4. The summed E-state index contributed by atoms with van der Waals surface area (Å²) in [5, 5.41) is 2.57. The molecule has 0 aliphatic rings. The van der Waals surface area contributed by atoms with Crippen LogP contribution in [0.2, 0.25) is 0 Å². The molecule has 0 radical (unpaired) electrons. The van der Waals surface area contributed by atoms with E-state index < -0.39 is 23.0 Å². The molecule has 0 amide bonds. The Morgan fingerprint density at radius 1 is 0.730 bits per heavy atom. The number of esters is 1. The van der Waals surface area contributed by atoms with Gasteiger partial charge in [0.25, 0.3) is 10.0 Å². The Balaban J connectivity index is 1.71. The molecule has 188 valence electrons. The summed E-state index contributed by atoms with van der Waals surface area (Å²) >= 11 is 0. The van der Waals surface area contributed by atoms with Crippen molar-refractivity contribution in [3.05, 3.63) is 139 Å². The molecule has 0 atom stereocenters. The first-order chi connectivity index (χ1) is 17.9. The van der Waals surface area contributed by atoms with Crippen LogP contribution in [-0.2, 0) is 14.8 Å². The van der Waals surface area contributed by atoms with Gasteiger partial charge in [0.1, 0.15) is 6.61 Å². The van der Waals surface area contributed by atoms with Gasteiger partial charge in [-0.3, -0.25) is 0 Å². The van der Waals surface area contributed by atoms with Crippen molar-refractivity contribution in [3.8, 4) is 0 Å². The monoisotopic (exact) mass is 529 g/mol.